The van der Waals surface area contributed by atoms with Crippen molar-refractivity contribution in [3.8, 4) is 17.1 Å². The van der Waals surface area contributed by atoms with Gasteiger partial charge in [-0.25, -0.2) is 19.2 Å². The van der Waals surface area contributed by atoms with E-state index in [9.17, 15) is 9.18 Å². The summed E-state index contributed by atoms with van der Waals surface area (Å²) in [6.07, 6.45) is 0. The molecule has 2 aromatic carbocycles. The number of oxime groups is 1. The first-order chi connectivity index (χ1) is 14.3. The number of benzene rings is 2. The third kappa shape index (κ3) is 4.42. The Balaban J connectivity index is 1.97. The maximum atomic E-state index is 14.7. The van der Waals surface area contributed by atoms with Crippen LogP contribution in [0.2, 0.25) is 5.02 Å². The molecule has 0 saturated heterocycles. The first kappa shape index (κ1) is 21.7. The van der Waals surface area contributed by atoms with Gasteiger partial charge in [0.2, 0.25) is 0 Å². The van der Waals surface area contributed by atoms with Crippen molar-refractivity contribution in [3.05, 3.63) is 69.0 Å². The number of nitrogen functional groups attached to an aromatic ring is 1. The maximum absolute atomic E-state index is 14.7. The van der Waals surface area contributed by atoms with Crippen LogP contribution in [0.1, 0.15) is 23.0 Å². The number of aromatic nitrogens is 2. The molecule has 10 heteroatoms. The number of hydrogen-bond acceptors (Lipinski definition) is 7. The number of anilines is 1. The first-order valence-corrected chi connectivity index (χ1v) is 9.67. The lowest BCUT2D eigenvalue weighted by atomic mass is 10.1. The Labute approximate surface area is 184 Å². The van der Waals surface area contributed by atoms with E-state index in [0.29, 0.717) is 5.71 Å². The first-order valence-electron chi connectivity index (χ1n) is 8.50. The fraction of sp³-hybridized carbons (Fsp3) is 0.100. The smallest absolute Gasteiger partial charge is 0.385 e. The molecule has 7 nitrogen and oxygen atoms in total. The number of rotatable bonds is 5. The van der Waals surface area contributed by atoms with Gasteiger partial charge < -0.3 is 15.3 Å². The van der Waals surface area contributed by atoms with Gasteiger partial charge in [0.1, 0.15) is 5.82 Å². The monoisotopic (exact) mass is 492 g/mol. The van der Waals surface area contributed by atoms with Crippen LogP contribution < -0.4 is 10.5 Å². The van der Waals surface area contributed by atoms with Gasteiger partial charge in [-0.2, -0.15) is 0 Å². The third-order valence-electron chi connectivity index (χ3n) is 4.02. The molecule has 0 aliphatic carbocycles. The second-order valence-corrected chi connectivity index (χ2v) is 7.16. The lowest BCUT2D eigenvalue weighted by molar-refractivity contribution is 0.0508. The number of ether oxygens (including phenoxy) is 1. The van der Waals surface area contributed by atoms with Gasteiger partial charge in [-0.1, -0.05) is 47.1 Å². The summed E-state index contributed by atoms with van der Waals surface area (Å²) in [4.78, 5) is 25.7. The average Bonchev–Trinajstić information content (AvgIpc) is 2.74. The Morgan fingerprint density at radius 1 is 1.20 bits per heavy atom. The zero-order valence-electron chi connectivity index (χ0n) is 15.8. The van der Waals surface area contributed by atoms with E-state index in [1.165, 1.54) is 19.2 Å². The Morgan fingerprint density at radius 3 is 2.57 bits per heavy atom. The molecule has 0 spiro atoms. The maximum Gasteiger partial charge on any atom is 0.385 e. The van der Waals surface area contributed by atoms with Crippen LogP contribution >= 0.6 is 27.5 Å². The van der Waals surface area contributed by atoms with E-state index in [-0.39, 0.29) is 38.1 Å². The second kappa shape index (κ2) is 9.19. The minimum Gasteiger partial charge on any atom is -0.492 e. The molecule has 1 heterocycles. The van der Waals surface area contributed by atoms with Gasteiger partial charge in [0.15, 0.2) is 23.1 Å². The summed E-state index contributed by atoms with van der Waals surface area (Å²) in [6.45, 7) is 1.69. The number of nitrogens with two attached hydrogens (primary N) is 1. The average molecular weight is 494 g/mol. The van der Waals surface area contributed by atoms with Crippen LogP contribution in [0, 0.1) is 5.82 Å². The van der Waals surface area contributed by atoms with Gasteiger partial charge in [-0.3, -0.25) is 0 Å². The Morgan fingerprint density at radius 2 is 1.90 bits per heavy atom. The van der Waals surface area contributed by atoms with Crippen molar-refractivity contribution >= 4 is 45.0 Å². The quantitative estimate of drug-likeness (QED) is 0.309. The predicted molar refractivity (Wildman–Crippen MR) is 115 cm³/mol. The van der Waals surface area contributed by atoms with E-state index in [4.69, 9.17) is 26.9 Å². The van der Waals surface area contributed by atoms with Gasteiger partial charge >= 0.3 is 5.97 Å². The predicted octanol–water partition coefficient (Wildman–Crippen LogP) is 4.87. The molecule has 3 rings (SSSR count). The van der Waals surface area contributed by atoms with Crippen LogP contribution in [-0.2, 0) is 4.84 Å². The summed E-state index contributed by atoms with van der Waals surface area (Å²) >= 11 is 9.08. The molecular weight excluding hydrogens is 479 g/mol. The molecule has 154 valence electrons. The molecule has 0 unspecified atom stereocenters. The van der Waals surface area contributed by atoms with Crippen LogP contribution in [0.3, 0.4) is 0 Å². The third-order valence-corrected chi connectivity index (χ3v) is 5.10. The summed E-state index contributed by atoms with van der Waals surface area (Å²) < 4.78 is 19.8. The summed E-state index contributed by atoms with van der Waals surface area (Å²) in [5.41, 5.74) is 6.87. The highest BCUT2D eigenvalue weighted by molar-refractivity contribution is 9.10. The summed E-state index contributed by atoms with van der Waals surface area (Å²) in [6, 6.07) is 11.9. The molecule has 0 bridgehead atoms. The minimum atomic E-state index is -0.895. The van der Waals surface area contributed by atoms with Gasteiger partial charge in [0, 0.05) is 0 Å². The molecule has 0 amide bonds. The number of halogens is 3. The van der Waals surface area contributed by atoms with E-state index < -0.39 is 11.8 Å². The van der Waals surface area contributed by atoms with E-state index in [0.717, 1.165) is 5.56 Å². The summed E-state index contributed by atoms with van der Waals surface area (Å²) in [5.74, 6) is -2.08. The van der Waals surface area contributed by atoms with Crippen molar-refractivity contribution in [2.45, 2.75) is 6.92 Å². The van der Waals surface area contributed by atoms with Gasteiger partial charge in [0.05, 0.1) is 27.9 Å². The summed E-state index contributed by atoms with van der Waals surface area (Å²) in [7, 11) is 1.28. The SMILES string of the molecule is COc1c(Cl)ccc(-c2nc(N)c(Br)c(C(=O)O/N=C(\C)c3ccccc3)n2)c1F. The minimum absolute atomic E-state index is 0.0477. The van der Waals surface area contributed by atoms with E-state index in [2.05, 4.69) is 31.1 Å². The van der Waals surface area contributed by atoms with Gasteiger partial charge in [-0.15, -0.1) is 0 Å². The van der Waals surface area contributed by atoms with Crippen LogP contribution in [-0.4, -0.2) is 28.8 Å². The number of nitrogens with zero attached hydrogens (tertiary/aromatic N) is 3. The van der Waals surface area contributed by atoms with Crippen molar-refractivity contribution in [1.29, 1.82) is 0 Å². The van der Waals surface area contributed by atoms with Crippen molar-refractivity contribution < 1.29 is 18.8 Å². The van der Waals surface area contributed by atoms with E-state index in [1.807, 2.05) is 30.3 Å². The fourth-order valence-corrected chi connectivity index (χ4v) is 3.06. The zero-order valence-corrected chi connectivity index (χ0v) is 18.2. The lowest BCUT2D eigenvalue weighted by Crippen LogP contribution is -2.11. The van der Waals surface area contributed by atoms with Crippen LogP contribution in [0.15, 0.2) is 52.1 Å². The Hall–Kier alpha value is -3.04. The van der Waals surface area contributed by atoms with Crippen LogP contribution in [0.5, 0.6) is 5.75 Å². The van der Waals surface area contributed by atoms with Crippen molar-refractivity contribution in [2.75, 3.05) is 12.8 Å². The van der Waals surface area contributed by atoms with Crippen molar-refractivity contribution in [1.82, 2.24) is 9.97 Å². The molecule has 2 N–H and O–H groups in total. The lowest BCUT2D eigenvalue weighted by Gasteiger charge is -2.11. The highest BCUT2D eigenvalue weighted by Gasteiger charge is 2.23. The van der Waals surface area contributed by atoms with Crippen molar-refractivity contribution in [3.63, 3.8) is 0 Å². The second-order valence-electron chi connectivity index (χ2n) is 5.96. The molecule has 0 fully saturated rings. The van der Waals surface area contributed by atoms with Crippen molar-refractivity contribution in [2.24, 2.45) is 5.16 Å². The van der Waals surface area contributed by atoms with Gasteiger partial charge in [0.25, 0.3) is 0 Å². The molecule has 0 aliphatic heterocycles. The molecule has 0 saturated carbocycles. The topological polar surface area (TPSA) is 99.7 Å². The molecule has 30 heavy (non-hydrogen) atoms. The highest BCUT2D eigenvalue weighted by atomic mass is 79.9. The molecule has 3 aromatic rings. The largest absolute Gasteiger partial charge is 0.492 e. The Kier molecular flexibility index (Phi) is 6.63. The van der Waals surface area contributed by atoms with Crippen LogP contribution in [0.25, 0.3) is 11.4 Å². The molecule has 0 radical (unpaired) electrons. The number of carbonyl (C=O) groups is 1. The fourth-order valence-electron chi connectivity index (χ4n) is 2.50. The van der Waals surface area contributed by atoms with Crippen LogP contribution in [0.4, 0.5) is 10.2 Å². The molecule has 1 aromatic heterocycles. The molecular formula is C20H15BrClFN4O3. The van der Waals surface area contributed by atoms with E-state index in [1.54, 1.807) is 6.92 Å². The number of hydrogen-bond donors (Lipinski definition) is 1. The Bertz CT molecular complexity index is 1140. The number of carbonyl (C=O) groups excluding carboxylic acids is 1. The number of methoxy groups -OCH3 is 1. The van der Waals surface area contributed by atoms with E-state index >= 15 is 0 Å². The zero-order chi connectivity index (χ0) is 21.8. The van der Waals surface area contributed by atoms with Gasteiger partial charge in [-0.05, 0) is 40.5 Å². The normalized spacial score (nSPS) is 11.3. The standard InChI is InChI=1S/C20H15BrClFN4O3/c1-10(11-6-4-3-5-7-11)27-30-20(28)16-14(21)18(24)26-19(25-16)12-8-9-13(22)17(29-2)15(12)23/h3-9H,1-2H3,(H2,24,25,26)/b27-10+. The molecule has 0 atom stereocenters. The summed E-state index contributed by atoms with van der Waals surface area (Å²) in [5, 5.41) is 3.91. The molecule has 0 aliphatic rings. The highest BCUT2D eigenvalue weighted by Crippen LogP contribution is 2.35.